The minimum atomic E-state index is 0.280. The molecule has 1 saturated heterocycles. The van der Waals surface area contributed by atoms with Gasteiger partial charge in [0.2, 0.25) is 5.91 Å². The largest absolute Gasteiger partial charge is 0.340 e. The zero-order chi connectivity index (χ0) is 24.4. The third-order valence-corrected chi connectivity index (χ3v) is 6.80. The molecule has 1 aliphatic heterocycles. The molecule has 2 aromatic carbocycles. The molecule has 5 nitrogen and oxygen atoms in total. The average molecular weight is 467 g/mol. The summed E-state index contributed by atoms with van der Waals surface area (Å²) in [5, 5.41) is 0. The van der Waals surface area contributed by atoms with Crippen LogP contribution in [0.1, 0.15) is 31.5 Å². The molecule has 35 heavy (non-hydrogen) atoms. The fourth-order valence-electron chi connectivity index (χ4n) is 4.91. The highest BCUT2D eigenvalue weighted by atomic mass is 16.2. The third kappa shape index (κ3) is 5.15. The molecule has 1 fully saturated rings. The van der Waals surface area contributed by atoms with Crippen LogP contribution in [-0.2, 0) is 11.3 Å². The highest BCUT2D eigenvalue weighted by Crippen LogP contribution is 2.29. The van der Waals surface area contributed by atoms with Gasteiger partial charge in [0.15, 0.2) is 0 Å². The van der Waals surface area contributed by atoms with Gasteiger partial charge in [-0.2, -0.15) is 0 Å². The molecule has 5 heteroatoms. The van der Waals surface area contributed by atoms with Crippen molar-refractivity contribution in [2.24, 2.45) is 5.92 Å². The maximum atomic E-state index is 12.5. The van der Waals surface area contributed by atoms with Gasteiger partial charge in [-0.3, -0.25) is 9.69 Å². The number of aryl methyl sites for hydroxylation is 1. The predicted octanol–water partition coefficient (Wildman–Crippen LogP) is 5.67. The number of amides is 1. The summed E-state index contributed by atoms with van der Waals surface area (Å²) in [6.07, 6.45) is 2.86. The van der Waals surface area contributed by atoms with Crippen molar-refractivity contribution in [2.75, 3.05) is 26.2 Å². The third-order valence-electron chi connectivity index (χ3n) is 6.80. The van der Waals surface area contributed by atoms with Crippen molar-refractivity contribution in [1.29, 1.82) is 0 Å². The number of piperazine rings is 1. The summed E-state index contributed by atoms with van der Waals surface area (Å²) < 4.78 is 2.26. The fourth-order valence-corrected chi connectivity index (χ4v) is 4.91. The Labute approximate surface area is 208 Å². The number of fused-ring (bicyclic) bond motifs is 1. The minimum Gasteiger partial charge on any atom is -0.340 e. The lowest BCUT2D eigenvalue weighted by Crippen LogP contribution is -2.48. The summed E-state index contributed by atoms with van der Waals surface area (Å²) in [4.78, 5) is 22.1. The first kappa shape index (κ1) is 23.3. The zero-order valence-corrected chi connectivity index (χ0v) is 20.9. The molecule has 0 bridgehead atoms. The predicted molar refractivity (Wildman–Crippen MR) is 142 cm³/mol. The second-order valence-corrected chi connectivity index (χ2v) is 10.0. The van der Waals surface area contributed by atoms with Crippen molar-refractivity contribution in [3.63, 3.8) is 0 Å². The number of hydrogen-bond donors (Lipinski definition) is 0. The Morgan fingerprint density at radius 2 is 1.63 bits per heavy atom. The van der Waals surface area contributed by atoms with Gasteiger partial charge in [-0.15, -0.1) is 0 Å². The van der Waals surface area contributed by atoms with Crippen LogP contribution in [0, 0.1) is 12.8 Å². The van der Waals surface area contributed by atoms with Gasteiger partial charge in [-0.1, -0.05) is 74.0 Å². The lowest BCUT2D eigenvalue weighted by molar-refractivity contribution is -0.133. The van der Waals surface area contributed by atoms with E-state index in [9.17, 15) is 4.79 Å². The fraction of sp³-hybridized carbons (Fsp3) is 0.333. The summed E-state index contributed by atoms with van der Waals surface area (Å²) in [7, 11) is 0. The van der Waals surface area contributed by atoms with E-state index in [0.29, 0.717) is 12.3 Å². The van der Waals surface area contributed by atoms with E-state index in [1.807, 2.05) is 11.0 Å². The number of imidazole rings is 1. The number of carbonyl (C=O) groups is 1. The SMILES string of the molecule is Cc1cccc(-c2ccc3nc(-c4ccccc4)c(CN4CCN(C(=O)CC(C)C)CC4)n3c2)c1. The number of rotatable bonds is 6. The maximum Gasteiger partial charge on any atom is 0.222 e. The molecule has 0 radical (unpaired) electrons. The second-order valence-electron chi connectivity index (χ2n) is 10.0. The van der Waals surface area contributed by atoms with Gasteiger partial charge in [0.1, 0.15) is 5.65 Å². The zero-order valence-electron chi connectivity index (χ0n) is 20.9. The average Bonchev–Trinajstić information content (AvgIpc) is 3.22. The monoisotopic (exact) mass is 466 g/mol. The molecule has 0 saturated carbocycles. The van der Waals surface area contributed by atoms with Crippen LogP contribution in [0.15, 0.2) is 72.9 Å². The van der Waals surface area contributed by atoms with Gasteiger partial charge < -0.3 is 9.30 Å². The van der Waals surface area contributed by atoms with Crippen LogP contribution in [0.2, 0.25) is 0 Å². The van der Waals surface area contributed by atoms with Crippen LogP contribution in [0.5, 0.6) is 0 Å². The van der Waals surface area contributed by atoms with Crippen LogP contribution < -0.4 is 0 Å². The van der Waals surface area contributed by atoms with Crippen LogP contribution in [0.25, 0.3) is 28.0 Å². The van der Waals surface area contributed by atoms with E-state index in [1.165, 1.54) is 22.4 Å². The molecule has 2 aromatic heterocycles. The summed E-state index contributed by atoms with van der Waals surface area (Å²) in [5.74, 6) is 0.678. The van der Waals surface area contributed by atoms with E-state index in [0.717, 1.165) is 49.6 Å². The van der Waals surface area contributed by atoms with Gasteiger partial charge in [-0.05, 0) is 36.1 Å². The van der Waals surface area contributed by atoms with Crippen LogP contribution in [0.4, 0.5) is 0 Å². The van der Waals surface area contributed by atoms with E-state index in [2.05, 4.69) is 96.9 Å². The Balaban J connectivity index is 1.47. The van der Waals surface area contributed by atoms with E-state index >= 15 is 0 Å². The molecular weight excluding hydrogens is 432 g/mol. The van der Waals surface area contributed by atoms with Gasteiger partial charge in [0, 0.05) is 50.9 Å². The highest BCUT2D eigenvalue weighted by molar-refractivity contribution is 5.76. The Morgan fingerprint density at radius 1 is 0.886 bits per heavy atom. The standard InChI is InChI=1S/C30H34N4O/c1-22(2)18-29(35)33-16-14-32(15-17-33)21-27-30(24-9-5-4-6-10-24)31-28-13-12-26(20-34(27)28)25-11-7-8-23(3)19-25/h4-13,19-20,22H,14-18,21H2,1-3H3. The lowest BCUT2D eigenvalue weighted by atomic mass is 10.1. The van der Waals surface area contributed by atoms with Gasteiger partial charge >= 0.3 is 0 Å². The molecule has 0 N–H and O–H groups in total. The molecule has 3 heterocycles. The normalized spacial score (nSPS) is 14.7. The van der Waals surface area contributed by atoms with E-state index < -0.39 is 0 Å². The van der Waals surface area contributed by atoms with Crippen molar-refractivity contribution in [1.82, 2.24) is 19.2 Å². The molecule has 0 aliphatic carbocycles. The Hall–Kier alpha value is -3.44. The first-order valence-electron chi connectivity index (χ1n) is 12.6. The first-order valence-corrected chi connectivity index (χ1v) is 12.6. The number of benzene rings is 2. The van der Waals surface area contributed by atoms with E-state index in [-0.39, 0.29) is 5.91 Å². The Kier molecular flexibility index (Phi) is 6.69. The van der Waals surface area contributed by atoms with E-state index in [1.54, 1.807) is 0 Å². The molecule has 0 unspecified atom stereocenters. The molecule has 1 amide bonds. The van der Waals surface area contributed by atoms with Crippen LogP contribution in [0.3, 0.4) is 0 Å². The van der Waals surface area contributed by atoms with Crippen molar-refractivity contribution < 1.29 is 4.79 Å². The number of carbonyl (C=O) groups excluding carboxylic acids is 1. The van der Waals surface area contributed by atoms with Crippen LogP contribution in [-0.4, -0.2) is 51.3 Å². The molecule has 4 aromatic rings. The second kappa shape index (κ2) is 10.0. The van der Waals surface area contributed by atoms with Crippen molar-refractivity contribution in [3.05, 3.63) is 84.2 Å². The minimum absolute atomic E-state index is 0.280. The molecular formula is C30H34N4O. The number of nitrogens with zero attached hydrogens (tertiary/aromatic N) is 4. The molecule has 180 valence electrons. The molecule has 0 spiro atoms. The maximum absolute atomic E-state index is 12.5. The first-order chi connectivity index (χ1) is 17.0. The van der Waals surface area contributed by atoms with Gasteiger partial charge in [-0.25, -0.2) is 4.98 Å². The smallest absolute Gasteiger partial charge is 0.222 e. The quantitative estimate of drug-likeness (QED) is 0.368. The highest BCUT2D eigenvalue weighted by Gasteiger charge is 2.24. The topological polar surface area (TPSA) is 40.9 Å². The lowest BCUT2D eigenvalue weighted by Gasteiger charge is -2.35. The van der Waals surface area contributed by atoms with Crippen molar-refractivity contribution in [2.45, 2.75) is 33.7 Å². The van der Waals surface area contributed by atoms with Gasteiger partial charge in [0.25, 0.3) is 0 Å². The number of hydrogen-bond acceptors (Lipinski definition) is 3. The summed E-state index contributed by atoms with van der Waals surface area (Å²) in [6, 6.07) is 23.4. The summed E-state index contributed by atoms with van der Waals surface area (Å²) in [5.41, 5.74) is 7.97. The molecule has 0 atom stereocenters. The van der Waals surface area contributed by atoms with Crippen LogP contribution >= 0.6 is 0 Å². The Morgan fingerprint density at radius 3 is 2.34 bits per heavy atom. The van der Waals surface area contributed by atoms with Crippen molar-refractivity contribution in [3.8, 4) is 22.4 Å². The van der Waals surface area contributed by atoms with Crippen molar-refractivity contribution >= 4 is 11.6 Å². The molecule has 1 aliphatic rings. The summed E-state index contributed by atoms with van der Waals surface area (Å²) in [6.45, 7) is 10.5. The number of aromatic nitrogens is 2. The Bertz CT molecular complexity index is 1320. The number of pyridine rings is 1. The van der Waals surface area contributed by atoms with E-state index in [4.69, 9.17) is 4.98 Å². The van der Waals surface area contributed by atoms with Gasteiger partial charge in [0.05, 0.1) is 11.4 Å². The molecule has 5 rings (SSSR count). The summed E-state index contributed by atoms with van der Waals surface area (Å²) >= 11 is 0.